The fourth-order valence-electron chi connectivity index (χ4n) is 2.30. The molecule has 0 radical (unpaired) electrons. The lowest BCUT2D eigenvalue weighted by molar-refractivity contribution is -0.116. The third-order valence-corrected chi connectivity index (χ3v) is 6.53. The molecule has 0 unspecified atom stereocenters. The van der Waals surface area contributed by atoms with Gasteiger partial charge in [-0.2, -0.15) is 0 Å². The molecule has 0 aliphatic rings. The van der Waals surface area contributed by atoms with Gasteiger partial charge < -0.3 is 4.42 Å². The van der Waals surface area contributed by atoms with Gasteiger partial charge in [-0.25, -0.2) is 8.42 Å². The molecular weight excluding hydrogens is 398 g/mol. The third-order valence-electron chi connectivity index (χ3n) is 3.80. The second-order valence-electron chi connectivity index (χ2n) is 6.03. The number of nitrogens with one attached hydrogen (secondary N) is 1. The van der Waals surface area contributed by atoms with Crippen LogP contribution in [0.25, 0.3) is 0 Å². The lowest BCUT2D eigenvalue weighted by atomic mass is 10.2. The molecule has 0 spiro atoms. The van der Waals surface area contributed by atoms with E-state index in [1.807, 2.05) is 37.3 Å². The molecule has 1 N–H and O–H groups in total. The number of hydrogen-bond acceptors (Lipinski definition) is 7. The average molecular weight is 418 g/mol. The number of thioether (sulfide) groups is 1. The standard InChI is InChI=1S/C19H19N3O4S2/c1-14-7-9-16(10-8-14)28(24,25)12-11-17(23)20-19-22-21-18(26-19)13-27-15-5-3-2-4-6-15/h2-10H,11-13H2,1H3,(H,20,22,23). The number of carbonyl (C=O) groups excluding carboxylic acids is 1. The molecular formula is C19H19N3O4S2. The Bertz CT molecular complexity index is 1030. The van der Waals surface area contributed by atoms with Crippen molar-refractivity contribution in [3.63, 3.8) is 0 Å². The first kappa shape index (κ1) is 20.1. The van der Waals surface area contributed by atoms with Crippen molar-refractivity contribution >= 4 is 33.5 Å². The molecule has 1 amide bonds. The fourth-order valence-corrected chi connectivity index (χ4v) is 4.29. The molecule has 1 aromatic heterocycles. The Kier molecular flexibility index (Phi) is 6.48. The van der Waals surface area contributed by atoms with Crippen LogP contribution in [0.1, 0.15) is 17.9 Å². The van der Waals surface area contributed by atoms with Crippen LogP contribution in [0.5, 0.6) is 0 Å². The summed E-state index contributed by atoms with van der Waals surface area (Å²) in [6.07, 6.45) is -0.202. The molecule has 0 aliphatic heterocycles. The topological polar surface area (TPSA) is 102 Å². The summed E-state index contributed by atoms with van der Waals surface area (Å²) >= 11 is 1.53. The number of carbonyl (C=O) groups is 1. The van der Waals surface area contributed by atoms with E-state index in [4.69, 9.17) is 4.42 Å². The molecule has 28 heavy (non-hydrogen) atoms. The number of nitrogens with zero attached hydrogens (tertiary/aromatic N) is 2. The van der Waals surface area contributed by atoms with E-state index in [2.05, 4.69) is 15.5 Å². The highest BCUT2D eigenvalue weighted by Gasteiger charge is 2.17. The number of amides is 1. The molecule has 0 atom stereocenters. The van der Waals surface area contributed by atoms with E-state index in [-0.39, 0.29) is 23.1 Å². The first-order valence-electron chi connectivity index (χ1n) is 8.52. The zero-order chi connectivity index (χ0) is 20.0. The SMILES string of the molecule is Cc1ccc(S(=O)(=O)CCC(=O)Nc2nnc(CSc3ccccc3)o2)cc1. The molecule has 0 saturated carbocycles. The minimum Gasteiger partial charge on any atom is -0.407 e. The summed E-state index contributed by atoms with van der Waals surface area (Å²) in [5.74, 6) is 0.0413. The molecule has 3 aromatic rings. The van der Waals surface area contributed by atoms with Crippen LogP contribution < -0.4 is 5.32 Å². The van der Waals surface area contributed by atoms with Crippen molar-refractivity contribution < 1.29 is 17.6 Å². The van der Waals surface area contributed by atoms with E-state index < -0.39 is 15.7 Å². The molecule has 146 valence electrons. The highest BCUT2D eigenvalue weighted by Crippen LogP contribution is 2.22. The molecule has 7 nitrogen and oxygen atoms in total. The Morgan fingerprint density at radius 2 is 1.79 bits per heavy atom. The van der Waals surface area contributed by atoms with E-state index in [9.17, 15) is 13.2 Å². The molecule has 9 heteroatoms. The number of aryl methyl sites for hydroxylation is 1. The second kappa shape index (κ2) is 9.03. The van der Waals surface area contributed by atoms with E-state index >= 15 is 0 Å². The maximum atomic E-state index is 12.3. The summed E-state index contributed by atoms with van der Waals surface area (Å²) < 4.78 is 30.0. The minimum atomic E-state index is -3.53. The van der Waals surface area contributed by atoms with Crippen molar-refractivity contribution in [3.8, 4) is 0 Å². The van der Waals surface area contributed by atoms with Gasteiger partial charge in [0.25, 0.3) is 0 Å². The smallest absolute Gasteiger partial charge is 0.322 e. The Balaban J connectivity index is 1.49. The Morgan fingerprint density at radius 1 is 1.07 bits per heavy atom. The third kappa shape index (κ3) is 5.67. The maximum absolute atomic E-state index is 12.3. The van der Waals surface area contributed by atoms with Gasteiger partial charge in [-0.15, -0.1) is 16.9 Å². The van der Waals surface area contributed by atoms with Crippen molar-refractivity contribution in [2.75, 3.05) is 11.1 Å². The van der Waals surface area contributed by atoms with Gasteiger partial charge in [-0.1, -0.05) is 41.0 Å². The fraction of sp³-hybridized carbons (Fsp3) is 0.211. The second-order valence-corrected chi connectivity index (χ2v) is 9.19. The summed E-state index contributed by atoms with van der Waals surface area (Å²) in [5.41, 5.74) is 0.967. The number of hydrogen-bond donors (Lipinski definition) is 1. The normalized spacial score (nSPS) is 11.3. The van der Waals surface area contributed by atoms with E-state index in [0.717, 1.165) is 10.5 Å². The minimum absolute atomic E-state index is 0.0404. The van der Waals surface area contributed by atoms with Crippen LogP contribution in [0.3, 0.4) is 0 Å². The molecule has 0 bridgehead atoms. The largest absolute Gasteiger partial charge is 0.407 e. The summed E-state index contributed by atoms with van der Waals surface area (Å²) in [6, 6.07) is 16.2. The summed E-state index contributed by atoms with van der Waals surface area (Å²) in [7, 11) is -3.53. The van der Waals surface area contributed by atoms with Gasteiger partial charge in [0.1, 0.15) is 0 Å². The number of benzene rings is 2. The van der Waals surface area contributed by atoms with Crippen LogP contribution in [-0.4, -0.2) is 30.3 Å². The zero-order valence-electron chi connectivity index (χ0n) is 15.2. The average Bonchev–Trinajstić information content (AvgIpc) is 3.13. The van der Waals surface area contributed by atoms with E-state index in [1.165, 1.54) is 23.9 Å². The van der Waals surface area contributed by atoms with Gasteiger partial charge in [-0.05, 0) is 31.2 Å². The zero-order valence-corrected chi connectivity index (χ0v) is 16.8. The predicted molar refractivity (Wildman–Crippen MR) is 107 cm³/mol. The van der Waals surface area contributed by atoms with Crippen molar-refractivity contribution in [2.24, 2.45) is 0 Å². The highest BCUT2D eigenvalue weighted by molar-refractivity contribution is 7.98. The van der Waals surface area contributed by atoms with Crippen molar-refractivity contribution in [1.82, 2.24) is 10.2 Å². The van der Waals surface area contributed by atoms with E-state index in [0.29, 0.717) is 11.6 Å². The molecule has 0 fully saturated rings. The number of sulfone groups is 1. The lowest BCUT2D eigenvalue weighted by Gasteiger charge is -2.04. The van der Waals surface area contributed by atoms with Crippen LogP contribution in [0, 0.1) is 6.92 Å². The number of rotatable bonds is 8. The van der Waals surface area contributed by atoms with Gasteiger partial charge in [0, 0.05) is 11.3 Å². The Morgan fingerprint density at radius 3 is 2.50 bits per heavy atom. The monoisotopic (exact) mass is 417 g/mol. The molecule has 0 saturated heterocycles. The number of aromatic nitrogens is 2. The van der Waals surface area contributed by atoms with Gasteiger partial charge in [-0.3, -0.25) is 10.1 Å². The van der Waals surface area contributed by atoms with Crippen LogP contribution in [-0.2, 0) is 20.4 Å². The first-order valence-corrected chi connectivity index (χ1v) is 11.2. The van der Waals surface area contributed by atoms with Crippen molar-refractivity contribution in [3.05, 3.63) is 66.1 Å². The van der Waals surface area contributed by atoms with Crippen LogP contribution in [0.2, 0.25) is 0 Å². The van der Waals surface area contributed by atoms with Crippen molar-refractivity contribution in [1.29, 1.82) is 0 Å². The van der Waals surface area contributed by atoms with Gasteiger partial charge in [0.2, 0.25) is 11.8 Å². The van der Waals surface area contributed by atoms with E-state index in [1.54, 1.807) is 12.1 Å². The van der Waals surface area contributed by atoms with Crippen molar-refractivity contribution in [2.45, 2.75) is 28.9 Å². The van der Waals surface area contributed by atoms with Crippen LogP contribution >= 0.6 is 11.8 Å². The molecule has 2 aromatic carbocycles. The summed E-state index contributed by atoms with van der Waals surface area (Å²) in [4.78, 5) is 13.3. The van der Waals surface area contributed by atoms with Gasteiger partial charge in [0.05, 0.1) is 16.4 Å². The quantitative estimate of drug-likeness (QED) is 0.560. The van der Waals surface area contributed by atoms with Crippen LogP contribution in [0.4, 0.5) is 6.01 Å². The maximum Gasteiger partial charge on any atom is 0.322 e. The Hall–Kier alpha value is -2.65. The van der Waals surface area contributed by atoms with Gasteiger partial charge in [0.15, 0.2) is 9.84 Å². The highest BCUT2D eigenvalue weighted by atomic mass is 32.2. The Labute approximate surface area is 167 Å². The van der Waals surface area contributed by atoms with Crippen LogP contribution in [0.15, 0.2) is 68.8 Å². The predicted octanol–water partition coefficient (Wildman–Crippen LogP) is 3.47. The molecule has 1 heterocycles. The summed E-state index contributed by atoms with van der Waals surface area (Å²) in [6.45, 7) is 1.88. The lowest BCUT2D eigenvalue weighted by Crippen LogP contribution is -2.17. The molecule has 3 rings (SSSR count). The first-order chi connectivity index (χ1) is 13.4. The molecule has 0 aliphatic carbocycles. The van der Waals surface area contributed by atoms with Gasteiger partial charge >= 0.3 is 6.01 Å². The summed E-state index contributed by atoms with van der Waals surface area (Å²) in [5, 5.41) is 10.1. The number of anilines is 1.